The fourth-order valence-electron chi connectivity index (χ4n) is 2.00. The summed E-state index contributed by atoms with van der Waals surface area (Å²) in [5.74, 6) is 0.551. The van der Waals surface area contributed by atoms with Crippen LogP contribution >= 0.6 is 0 Å². The number of hydrogen-bond acceptors (Lipinski definition) is 5. The van der Waals surface area contributed by atoms with Gasteiger partial charge in [0.15, 0.2) is 5.82 Å². The minimum Gasteiger partial charge on any atom is -0.338 e. The maximum Gasteiger partial charge on any atom is 0.221 e. The number of aromatic nitrogens is 3. The van der Waals surface area contributed by atoms with Crippen LogP contribution < -0.4 is 10.6 Å². The van der Waals surface area contributed by atoms with E-state index in [0.29, 0.717) is 5.82 Å². The zero-order valence-corrected chi connectivity index (χ0v) is 11.4. The van der Waals surface area contributed by atoms with Gasteiger partial charge in [-0.3, -0.25) is 4.79 Å². The summed E-state index contributed by atoms with van der Waals surface area (Å²) in [6.45, 7) is 1.48. The molecule has 0 saturated carbocycles. The van der Waals surface area contributed by atoms with Crippen LogP contribution in [-0.4, -0.2) is 21.3 Å². The molecule has 1 amide bonds. The molecule has 2 aromatic carbocycles. The van der Waals surface area contributed by atoms with Crippen molar-refractivity contribution in [1.29, 1.82) is 0 Å². The molecule has 1 heterocycles. The molecule has 3 rings (SSSR count). The lowest BCUT2D eigenvalue weighted by atomic mass is 10.2. The van der Waals surface area contributed by atoms with E-state index in [1.807, 2.05) is 48.5 Å². The van der Waals surface area contributed by atoms with E-state index in [-0.39, 0.29) is 5.91 Å². The lowest BCUT2D eigenvalue weighted by Crippen LogP contribution is -2.05. The van der Waals surface area contributed by atoms with Crippen molar-refractivity contribution in [3.63, 3.8) is 0 Å². The van der Waals surface area contributed by atoms with Gasteiger partial charge in [-0.05, 0) is 41.6 Å². The van der Waals surface area contributed by atoms with E-state index < -0.39 is 0 Å². The summed E-state index contributed by atoms with van der Waals surface area (Å²) >= 11 is 0. The van der Waals surface area contributed by atoms with Gasteiger partial charge in [-0.25, -0.2) is 0 Å². The van der Waals surface area contributed by atoms with Crippen molar-refractivity contribution >= 4 is 34.0 Å². The zero-order valence-electron chi connectivity index (χ0n) is 11.4. The minimum absolute atomic E-state index is 0.0956. The van der Waals surface area contributed by atoms with Gasteiger partial charge in [0.1, 0.15) is 0 Å². The lowest BCUT2D eigenvalue weighted by Gasteiger charge is -2.08. The van der Waals surface area contributed by atoms with E-state index in [0.717, 1.165) is 22.3 Å². The molecule has 0 saturated heterocycles. The van der Waals surface area contributed by atoms with Crippen LogP contribution in [0.4, 0.5) is 17.2 Å². The molecule has 0 unspecified atom stereocenters. The first-order valence-corrected chi connectivity index (χ1v) is 6.45. The maximum atomic E-state index is 11.0. The third-order valence-electron chi connectivity index (χ3n) is 2.92. The first-order valence-electron chi connectivity index (χ1n) is 6.45. The number of carbonyl (C=O) groups excluding carboxylic acids is 1. The van der Waals surface area contributed by atoms with E-state index in [1.165, 1.54) is 6.92 Å². The Morgan fingerprint density at radius 3 is 2.43 bits per heavy atom. The topological polar surface area (TPSA) is 79.8 Å². The molecule has 21 heavy (non-hydrogen) atoms. The second kappa shape index (κ2) is 5.54. The van der Waals surface area contributed by atoms with E-state index >= 15 is 0 Å². The van der Waals surface area contributed by atoms with Crippen molar-refractivity contribution in [2.24, 2.45) is 0 Å². The quantitative estimate of drug-likeness (QED) is 0.770. The van der Waals surface area contributed by atoms with Crippen LogP contribution in [0.5, 0.6) is 0 Å². The molecule has 6 heteroatoms. The molecule has 3 aromatic rings. The number of rotatable bonds is 3. The Labute approximate surface area is 121 Å². The normalized spacial score (nSPS) is 10.3. The SMILES string of the molecule is CC(=O)Nc1ccc(Nc2nnnc3ccccc23)cc1. The van der Waals surface area contributed by atoms with Crippen molar-refractivity contribution in [2.45, 2.75) is 6.92 Å². The summed E-state index contributed by atoms with van der Waals surface area (Å²) < 4.78 is 0. The van der Waals surface area contributed by atoms with Crippen molar-refractivity contribution < 1.29 is 4.79 Å². The molecule has 6 nitrogen and oxygen atoms in total. The number of nitrogens with zero attached hydrogens (tertiary/aromatic N) is 3. The average Bonchev–Trinajstić information content (AvgIpc) is 2.49. The molecule has 0 aliphatic carbocycles. The van der Waals surface area contributed by atoms with E-state index in [9.17, 15) is 4.79 Å². The zero-order chi connectivity index (χ0) is 14.7. The Hall–Kier alpha value is -3.02. The smallest absolute Gasteiger partial charge is 0.221 e. The fraction of sp³-hybridized carbons (Fsp3) is 0.0667. The monoisotopic (exact) mass is 279 g/mol. The van der Waals surface area contributed by atoms with Gasteiger partial charge in [-0.15, -0.1) is 10.2 Å². The van der Waals surface area contributed by atoms with Gasteiger partial charge in [0.05, 0.1) is 5.52 Å². The molecular formula is C15H13N5O. The summed E-state index contributed by atoms with van der Waals surface area (Å²) in [6, 6.07) is 15.0. The Morgan fingerprint density at radius 1 is 0.952 bits per heavy atom. The van der Waals surface area contributed by atoms with Gasteiger partial charge in [0, 0.05) is 23.7 Å². The Bertz CT molecular complexity index is 780. The first kappa shape index (κ1) is 13.0. The van der Waals surface area contributed by atoms with Crippen molar-refractivity contribution in [3.05, 3.63) is 48.5 Å². The van der Waals surface area contributed by atoms with Crippen molar-refractivity contribution in [2.75, 3.05) is 10.6 Å². The second-order valence-corrected chi connectivity index (χ2v) is 4.54. The maximum absolute atomic E-state index is 11.0. The summed E-state index contributed by atoms with van der Waals surface area (Å²) in [4.78, 5) is 11.0. The highest BCUT2D eigenvalue weighted by molar-refractivity contribution is 5.91. The third kappa shape index (κ3) is 2.94. The Morgan fingerprint density at radius 2 is 1.67 bits per heavy atom. The largest absolute Gasteiger partial charge is 0.338 e. The summed E-state index contributed by atoms with van der Waals surface area (Å²) in [7, 11) is 0. The number of fused-ring (bicyclic) bond motifs is 1. The number of nitrogens with one attached hydrogen (secondary N) is 2. The third-order valence-corrected chi connectivity index (χ3v) is 2.92. The number of benzene rings is 2. The van der Waals surface area contributed by atoms with Crippen LogP contribution in [0.3, 0.4) is 0 Å². The highest BCUT2D eigenvalue weighted by Gasteiger charge is 2.04. The molecule has 0 radical (unpaired) electrons. The van der Waals surface area contributed by atoms with Crippen LogP contribution in [0.25, 0.3) is 10.9 Å². The Balaban J connectivity index is 1.87. The number of carbonyl (C=O) groups is 1. The van der Waals surface area contributed by atoms with E-state index in [2.05, 4.69) is 26.0 Å². The number of anilines is 3. The molecule has 2 N–H and O–H groups in total. The number of hydrogen-bond donors (Lipinski definition) is 2. The predicted molar refractivity (Wildman–Crippen MR) is 81.4 cm³/mol. The number of amides is 1. The van der Waals surface area contributed by atoms with Crippen LogP contribution in [0.15, 0.2) is 48.5 Å². The molecular weight excluding hydrogens is 266 g/mol. The second-order valence-electron chi connectivity index (χ2n) is 4.54. The van der Waals surface area contributed by atoms with Gasteiger partial charge in [-0.1, -0.05) is 12.1 Å². The lowest BCUT2D eigenvalue weighted by molar-refractivity contribution is -0.114. The van der Waals surface area contributed by atoms with Crippen LogP contribution in [0.2, 0.25) is 0 Å². The molecule has 0 fully saturated rings. The van der Waals surface area contributed by atoms with E-state index in [1.54, 1.807) is 0 Å². The van der Waals surface area contributed by atoms with Crippen LogP contribution in [0, 0.1) is 0 Å². The standard InChI is InChI=1S/C15H13N5O/c1-10(21)16-11-6-8-12(9-7-11)17-15-13-4-2-3-5-14(13)18-20-19-15/h2-9H,1H3,(H,16,21)(H,17,18,19). The molecule has 0 aliphatic rings. The summed E-state index contributed by atoms with van der Waals surface area (Å²) in [5, 5.41) is 18.6. The molecule has 0 atom stereocenters. The van der Waals surface area contributed by atoms with Crippen LogP contribution in [0.1, 0.15) is 6.92 Å². The van der Waals surface area contributed by atoms with Crippen molar-refractivity contribution in [1.82, 2.24) is 15.4 Å². The molecule has 1 aromatic heterocycles. The first-order chi connectivity index (χ1) is 10.2. The summed E-state index contributed by atoms with van der Waals surface area (Å²) in [6.07, 6.45) is 0. The van der Waals surface area contributed by atoms with Gasteiger partial charge >= 0.3 is 0 Å². The molecule has 104 valence electrons. The van der Waals surface area contributed by atoms with Crippen molar-refractivity contribution in [3.8, 4) is 0 Å². The Kier molecular flexibility index (Phi) is 3.42. The minimum atomic E-state index is -0.0956. The average molecular weight is 279 g/mol. The predicted octanol–water partition coefficient (Wildman–Crippen LogP) is 2.73. The fourth-order valence-corrected chi connectivity index (χ4v) is 2.00. The highest BCUT2D eigenvalue weighted by Crippen LogP contribution is 2.22. The molecule has 0 bridgehead atoms. The van der Waals surface area contributed by atoms with Crippen LogP contribution in [-0.2, 0) is 4.79 Å². The van der Waals surface area contributed by atoms with Gasteiger partial charge in [-0.2, -0.15) is 0 Å². The molecule has 0 aliphatic heterocycles. The van der Waals surface area contributed by atoms with E-state index in [4.69, 9.17) is 0 Å². The van der Waals surface area contributed by atoms with Gasteiger partial charge in [0.25, 0.3) is 0 Å². The molecule has 0 spiro atoms. The van der Waals surface area contributed by atoms with Gasteiger partial charge in [0.2, 0.25) is 5.91 Å². The van der Waals surface area contributed by atoms with Gasteiger partial charge < -0.3 is 10.6 Å². The summed E-state index contributed by atoms with van der Waals surface area (Å²) in [5.41, 5.74) is 2.39. The highest BCUT2D eigenvalue weighted by atomic mass is 16.1.